The molecule has 11 nitrogen and oxygen atoms in total. The maximum atomic E-state index is 10.8. The van der Waals surface area contributed by atoms with E-state index in [0.717, 1.165) is 0 Å². The minimum absolute atomic E-state index is 0.221. The number of anilines is 1. The number of aromatic nitrogens is 4. The van der Waals surface area contributed by atoms with Crippen LogP contribution in [-0.4, -0.2) is 79.1 Å². The van der Waals surface area contributed by atoms with Gasteiger partial charge in [-0.25, -0.2) is 0 Å². The monoisotopic (exact) mass is 447 g/mol. The van der Waals surface area contributed by atoms with Gasteiger partial charge in [0.2, 0.25) is 0 Å². The Balaban J connectivity index is 1.68. The fourth-order valence-corrected chi connectivity index (χ4v) is 6.45. The third-order valence-electron chi connectivity index (χ3n) is 4.54. The summed E-state index contributed by atoms with van der Waals surface area (Å²) in [7, 11) is 0. The number of imidazole rings is 1. The van der Waals surface area contributed by atoms with Crippen LogP contribution in [0.1, 0.15) is 12.6 Å². The van der Waals surface area contributed by atoms with Crippen molar-refractivity contribution in [3.8, 4) is 0 Å². The van der Waals surface area contributed by atoms with Gasteiger partial charge < -0.3 is 0 Å². The first kappa shape index (κ1) is 19.9. The van der Waals surface area contributed by atoms with E-state index >= 15 is 0 Å². The number of aliphatic hydroxyl groups excluding tert-OH is 2. The summed E-state index contributed by atoms with van der Waals surface area (Å²) in [5.74, 6) is 1.25. The summed E-state index contributed by atoms with van der Waals surface area (Å²) in [6.07, 6.45) is -0.486. The molecule has 1 unspecified atom stereocenters. The quantitative estimate of drug-likeness (QED) is 0.329. The van der Waals surface area contributed by atoms with E-state index in [4.69, 9.17) is 21.3 Å². The Kier molecular flexibility index (Phi) is 5.94. The normalized spacial score (nSPS) is 26.7. The van der Waals surface area contributed by atoms with Crippen LogP contribution in [0.15, 0.2) is 12.7 Å². The first-order valence-corrected chi connectivity index (χ1v) is 12.4. The number of ether oxygens (including phenoxy) is 1. The maximum absolute atomic E-state index is 10.8. The van der Waals surface area contributed by atoms with Gasteiger partial charge in [-0.2, -0.15) is 0 Å². The predicted octanol–water partition coefficient (Wildman–Crippen LogP) is -1.05. The molecule has 0 bridgehead atoms. The third kappa shape index (κ3) is 4.05. The number of nitrogens with zero attached hydrogens (tertiary/aromatic N) is 4. The molecule has 1 aliphatic rings. The van der Waals surface area contributed by atoms with Gasteiger partial charge >= 0.3 is 159 Å². The second-order valence-corrected chi connectivity index (χ2v) is 11.3. The second kappa shape index (κ2) is 8.05. The average Bonchev–Trinajstić information content (AvgIpc) is 3.17. The van der Waals surface area contributed by atoms with Crippen LogP contribution in [0.25, 0.3) is 11.2 Å². The summed E-state index contributed by atoms with van der Waals surface area (Å²) >= 11 is -1.25. The molecule has 0 aromatic carbocycles. The Bertz CT molecular complexity index is 819. The van der Waals surface area contributed by atoms with E-state index in [2.05, 4.69) is 15.0 Å². The molecule has 3 heterocycles. The van der Waals surface area contributed by atoms with Crippen LogP contribution in [-0.2, 0) is 9.53 Å². The number of carbonyl (C=O) groups is 1. The molecular weight excluding hydrogens is 423 g/mol. The zero-order chi connectivity index (χ0) is 19.7. The fraction of sp³-hybridized carbons (Fsp3) is 0.600. The summed E-state index contributed by atoms with van der Waals surface area (Å²) in [5, 5.41) is 31.0. The summed E-state index contributed by atoms with van der Waals surface area (Å²) in [4.78, 5) is 23.0. The summed E-state index contributed by atoms with van der Waals surface area (Å²) in [6.45, 7) is 0. The number of nitrogen functional groups attached to an aromatic ring is 1. The zero-order valence-corrected chi connectivity index (χ0v) is 16.4. The Morgan fingerprint density at radius 1 is 1.37 bits per heavy atom. The van der Waals surface area contributed by atoms with E-state index in [1.54, 1.807) is 0 Å². The zero-order valence-electron chi connectivity index (χ0n) is 14.7. The van der Waals surface area contributed by atoms with E-state index in [1.165, 1.54) is 17.2 Å². The van der Waals surface area contributed by atoms with Crippen molar-refractivity contribution in [2.45, 2.75) is 53.5 Å². The van der Waals surface area contributed by atoms with Crippen LogP contribution in [0.3, 0.4) is 0 Å². The molecule has 1 radical (unpaired) electrons. The molecule has 2 aromatic rings. The van der Waals surface area contributed by atoms with Crippen molar-refractivity contribution in [3.63, 3.8) is 0 Å². The van der Waals surface area contributed by atoms with Gasteiger partial charge in [0, 0.05) is 0 Å². The molecule has 0 amide bonds. The third-order valence-corrected chi connectivity index (χ3v) is 8.38. The second-order valence-electron chi connectivity index (χ2n) is 6.51. The van der Waals surface area contributed by atoms with Crippen molar-refractivity contribution in [1.82, 2.24) is 19.5 Å². The Labute approximate surface area is 159 Å². The van der Waals surface area contributed by atoms with Gasteiger partial charge in [-0.3, -0.25) is 0 Å². The van der Waals surface area contributed by atoms with Crippen molar-refractivity contribution in [2.75, 3.05) is 5.73 Å². The molecule has 3 rings (SSSR count). The van der Waals surface area contributed by atoms with Crippen molar-refractivity contribution < 1.29 is 24.9 Å². The van der Waals surface area contributed by atoms with E-state index in [-0.39, 0.29) is 5.82 Å². The van der Waals surface area contributed by atoms with Crippen molar-refractivity contribution in [2.24, 2.45) is 5.73 Å². The van der Waals surface area contributed by atoms with Gasteiger partial charge in [0.05, 0.1) is 0 Å². The summed E-state index contributed by atoms with van der Waals surface area (Å²) < 4.78 is 7.44. The number of aliphatic carboxylic acids is 1. The predicted molar refractivity (Wildman–Crippen MR) is 97.1 cm³/mol. The van der Waals surface area contributed by atoms with E-state index < -0.39 is 50.5 Å². The van der Waals surface area contributed by atoms with Gasteiger partial charge in [-0.15, -0.1) is 0 Å². The molecule has 5 atom stereocenters. The Hall–Kier alpha value is -1.82. The Morgan fingerprint density at radius 2 is 2.11 bits per heavy atom. The summed E-state index contributed by atoms with van der Waals surface area (Å²) in [6, 6.07) is -0.883. The number of hydrogen-bond acceptors (Lipinski definition) is 9. The van der Waals surface area contributed by atoms with E-state index in [1.807, 2.05) is 5.82 Å². The first-order valence-electron chi connectivity index (χ1n) is 8.31. The minimum atomic E-state index is -1.25. The van der Waals surface area contributed by atoms with Crippen LogP contribution >= 0.6 is 0 Å². The molecule has 1 aliphatic heterocycles. The van der Waals surface area contributed by atoms with Crippen molar-refractivity contribution in [1.29, 1.82) is 0 Å². The number of fused-ring (bicyclic) bond motifs is 1. The summed E-state index contributed by atoms with van der Waals surface area (Å²) in [5.41, 5.74) is 12.1. The van der Waals surface area contributed by atoms with Crippen LogP contribution in [0.4, 0.5) is 5.82 Å². The number of hydrogen-bond donors (Lipinski definition) is 5. The number of nitrogens with two attached hydrogens (primary N) is 2. The molecule has 0 spiro atoms. The number of rotatable bonds is 7. The van der Waals surface area contributed by atoms with Crippen LogP contribution < -0.4 is 11.5 Å². The van der Waals surface area contributed by atoms with Gasteiger partial charge in [-0.1, -0.05) is 0 Å². The van der Waals surface area contributed by atoms with Crippen LogP contribution in [0, 0.1) is 0 Å². The molecule has 0 saturated carbocycles. The van der Waals surface area contributed by atoms with E-state index in [0.29, 0.717) is 28.2 Å². The molecule has 2 aromatic heterocycles. The number of aliphatic hydroxyl groups is 2. The number of carboxylic acids is 1. The topological polar surface area (TPSA) is 183 Å². The van der Waals surface area contributed by atoms with Crippen molar-refractivity contribution in [3.05, 3.63) is 12.7 Å². The number of carboxylic acid groups (broad SMARTS) is 1. The van der Waals surface area contributed by atoms with Gasteiger partial charge in [0.15, 0.2) is 0 Å². The standard InChI is InChI=1S/C15H23N6O5Se/c1-27(3-2-7(16)15(24)25)4-8-10(22)11(23)14(26-8)21-6-20-9-12(17)18-5-19-13(9)21/h5-8,10-11,14,22-23H,2-4,16H2,1H3,(H,24,25)(H2,17,18,19)/t7?,8-,10-,11-,14+/m1/s1. The molecule has 27 heavy (non-hydrogen) atoms. The molecule has 0 aliphatic carbocycles. The van der Waals surface area contributed by atoms with Gasteiger partial charge in [0.1, 0.15) is 0 Å². The first-order chi connectivity index (χ1) is 12.8. The molecular formula is C15H23N6O5Se. The fourth-order valence-electron chi connectivity index (χ4n) is 2.97. The Morgan fingerprint density at radius 3 is 2.81 bits per heavy atom. The molecule has 149 valence electrons. The van der Waals surface area contributed by atoms with E-state index in [9.17, 15) is 15.0 Å². The molecule has 1 saturated heterocycles. The average molecular weight is 446 g/mol. The molecule has 7 N–H and O–H groups in total. The molecule has 1 fully saturated rings. The van der Waals surface area contributed by atoms with Gasteiger partial charge in [-0.05, 0) is 0 Å². The van der Waals surface area contributed by atoms with Crippen molar-refractivity contribution >= 4 is 36.9 Å². The SMILES string of the molecule is C[Se](CCC(N)C(=O)O)C[C@H]1O[C@H](n2cnc3c(N)ncnc32)[C@H](O)[C@@H]1O. The van der Waals surface area contributed by atoms with Crippen LogP contribution in [0.2, 0.25) is 16.5 Å². The molecule has 12 heteroatoms. The van der Waals surface area contributed by atoms with Gasteiger partial charge in [0.25, 0.3) is 0 Å². The van der Waals surface area contributed by atoms with Crippen LogP contribution in [0.5, 0.6) is 0 Å².